The van der Waals surface area contributed by atoms with E-state index in [9.17, 15) is 13.2 Å². The van der Waals surface area contributed by atoms with Crippen LogP contribution in [0.15, 0.2) is 71.6 Å². The van der Waals surface area contributed by atoms with Gasteiger partial charge in [0.1, 0.15) is 17.5 Å². The van der Waals surface area contributed by atoms with Crippen LogP contribution in [0.1, 0.15) is 6.92 Å². The second kappa shape index (κ2) is 9.90. The van der Waals surface area contributed by atoms with Gasteiger partial charge in [-0.2, -0.15) is 0 Å². The fourth-order valence-electron chi connectivity index (χ4n) is 2.75. The second-order valence-electron chi connectivity index (χ2n) is 6.84. The lowest BCUT2D eigenvalue weighted by molar-refractivity contribution is -0.116. The Labute approximate surface area is 191 Å². The fraction of sp³-hybridized carbons (Fsp3) is 0.136. The molecule has 0 aliphatic heterocycles. The van der Waals surface area contributed by atoms with Crippen molar-refractivity contribution in [3.05, 3.63) is 71.8 Å². The van der Waals surface area contributed by atoms with Gasteiger partial charge < -0.3 is 20.1 Å². The average Bonchev–Trinajstić information content (AvgIpc) is 2.76. The number of hydrogen-bond donors (Lipinski definition) is 3. The molecule has 0 spiro atoms. The Kier molecular flexibility index (Phi) is 7.24. The molecule has 0 radical (unpaired) electrons. The van der Waals surface area contributed by atoms with E-state index < -0.39 is 16.1 Å². The Hall–Kier alpha value is -3.27. The highest BCUT2D eigenvalue weighted by molar-refractivity contribution is 7.89. The molecule has 168 valence electrons. The van der Waals surface area contributed by atoms with Crippen molar-refractivity contribution in [2.45, 2.75) is 17.9 Å². The van der Waals surface area contributed by atoms with Crippen LogP contribution in [0.2, 0.25) is 5.02 Å². The molecule has 10 heteroatoms. The SMILES string of the molecule is COc1ccc(Oc2ccc(Cl)cc2NC(C)C(=O)Nc2ccc(S(N)(=O)=O)cc2)cc1. The second-order valence-corrected chi connectivity index (χ2v) is 8.84. The van der Waals surface area contributed by atoms with Crippen molar-refractivity contribution in [2.24, 2.45) is 5.14 Å². The summed E-state index contributed by atoms with van der Waals surface area (Å²) in [6.07, 6.45) is 0. The number of carbonyl (C=O) groups excluding carboxylic acids is 1. The van der Waals surface area contributed by atoms with Gasteiger partial charge in [0.05, 0.1) is 17.7 Å². The van der Waals surface area contributed by atoms with E-state index in [4.69, 9.17) is 26.2 Å². The number of benzene rings is 3. The molecule has 0 aliphatic carbocycles. The molecule has 4 N–H and O–H groups in total. The van der Waals surface area contributed by atoms with Gasteiger partial charge in [0.15, 0.2) is 5.75 Å². The van der Waals surface area contributed by atoms with E-state index in [0.29, 0.717) is 33.6 Å². The van der Waals surface area contributed by atoms with Crippen LogP contribution in [0.4, 0.5) is 11.4 Å². The third-order valence-corrected chi connectivity index (χ3v) is 5.61. The van der Waals surface area contributed by atoms with Crippen molar-refractivity contribution >= 4 is 38.9 Å². The molecule has 0 saturated carbocycles. The first-order chi connectivity index (χ1) is 15.2. The van der Waals surface area contributed by atoms with E-state index in [1.165, 1.54) is 24.3 Å². The molecule has 0 aliphatic rings. The summed E-state index contributed by atoms with van der Waals surface area (Å²) >= 11 is 6.13. The molecule has 8 nitrogen and oxygen atoms in total. The van der Waals surface area contributed by atoms with Gasteiger partial charge in [-0.05, 0) is 73.7 Å². The number of primary sulfonamides is 1. The molecule has 0 saturated heterocycles. The molecule has 1 unspecified atom stereocenters. The molecule has 3 aromatic rings. The third-order valence-electron chi connectivity index (χ3n) is 4.44. The van der Waals surface area contributed by atoms with Gasteiger partial charge in [-0.1, -0.05) is 11.6 Å². The minimum Gasteiger partial charge on any atom is -0.497 e. The zero-order chi connectivity index (χ0) is 23.3. The molecule has 0 aromatic heterocycles. The lowest BCUT2D eigenvalue weighted by Gasteiger charge is -2.18. The number of methoxy groups -OCH3 is 1. The van der Waals surface area contributed by atoms with Gasteiger partial charge in [0.2, 0.25) is 15.9 Å². The fourth-order valence-corrected chi connectivity index (χ4v) is 3.44. The van der Waals surface area contributed by atoms with Crippen LogP contribution < -0.4 is 25.2 Å². The Morgan fingerprint density at radius 2 is 1.62 bits per heavy atom. The largest absolute Gasteiger partial charge is 0.497 e. The van der Waals surface area contributed by atoms with Crippen LogP contribution in [0.25, 0.3) is 0 Å². The minimum atomic E-state index is -3.80. The number of amides is 1. The van der Waals surface area contributed by atoms with Crippen molar-refractivity contribution in [1.82, 2.24) is 0 Å². The highest BCUT2D eigenvalue weighted by Gasteiger charge is 2.16. The van der Waals surface area contributed by atoms with Crippen LogP contribution in [-0.4, -0.2) is 27.5 Å². The van der Waals surface area contributed by atoms with Crippen LogP contribution in [0.3, 0.4) is 0 Å². The first kappa shape index (κ1) is 23.4. The van der Waals surface area contributed by atoms with Crippen molar-refractivity contribution in [3.63, 3.8) is 0 Å². The third kappa shape index (κ3) is 6.13. The smallest absolute Gasteiger partial charge is 0.246 e. The van der Waals surface area contributed by atoms with Gasteiger partial charge in [-0.15, -0.1) is 0 Å². The number of hydrogen-bond acceptors (Lipinski definition) is 6. The summed E-state index contributed by atoms with van der Waals surface area (Å²) < 4.78 is 33.8. The number of anilines is 2. The normalized spacial score (nSPS) is 12.0. The lowest BCUT2D eigenvalue weighted by atomic mass is 10.2. The minimum absolute atomic E-state index is 0.0408. The maximum Gasteiger partial charge on any atom is 0.246 e. The maximum atomic E-state index is 12.6. The van der Waals surface area contributed by atoms with E-state index in [1.54, 1.807) is 56.5 Å². The highest BCUT2D eigenvalue weighted by Crippen LogP contribution is 2.33. The summed E-state index contributed by atoms with van der Waals surface area (Å²) in [4.78, 5) is 12.6. The van der Waals surface area contributed by atoms with Crippen LogP contribution in [0, 0.1) is 0 Å². The summed E-state index contributed by atoms with van der Waals surface area (Å²) in [5, 5.41) is 11.4. The van der Waals surface area contributed by atoms with Crippen LogP contribution in [-0.2, 0) is 14.8 Å². The predicted octanol–water partition coefficient (Wildman–Crippen LogP) is 4.23. The molecule has 0 fully saturated rings. The Bertz CT molecular complexity index is 1200. The van der Waals surface area contributed by atoms with Gasteiger partial charge in [-0.25, -0.2) is 13.6 Å². The predicted molar refractivity (Wildman–Crippen MR) is 124 cm³/mol. The number of carbonyl (C=O) groups is 1. The quantitative estimate of drug-likeness (QED) is 0.448. The molecular weight excluding hydrogens is 454 g/mol. The van der Waals surface area contributed by atoms with Gasteiger partial charge in [0, 0.05) is 10.7 Å². The van der Waals surface area contributed by atoms with Crippen LogP contribution >= 0.6 is 11.6 Å². The molecular formula is C22H22ClN3O5S. The molecule has 32 heavy (non-hydrogen) atoms. The topological polar surface area (TPSA) is 120 Å². The zero-order valence-electron chi connectivity index (χ0n) is 17.3. The Morgan fingerprint density at radius 1 is 1.00 bits per heavy atom. The molecule has 0 bridgehead atoms. The number of nitrogens with one attached hydrogen (secondary N) is 2. The summed E-state index contributed by atoms with van der Waals surface area (Å²) in [6.45, 7) is 1.67. The maximum absolute atomic E-state index is 12.6. The van der Waals surface area contributed by atoms with Gasteiger partial charge in [0.25, 0.3) is 0 Å². The summed E-state index contributed by atoms with van der Waals surface area (Å²) in [7, 11) is -2.22. The number of sulfonamides is 1. The van der Waals surface area contributed by atoms with E-state index >= 15 is 0 Å². The number of halogens is 1. The van der Waals surface area contributed by atoms with E-state index in [-0.39, 0.29) is 10.8 Å². The Balaban J connectivity index is 1.71. The van der Waals surface area contributed by atoms with E-state index in [1.807, 2.05) is 0 Å². The monoisotopic (exact) mass is 475 g/mol. The lowest BCUT2D eigenvalue weighted by Crippen LogP contribution is -2.32. The Morgan fingerprint density at radius 3 is 2.22 bits per heavy atom. The molecule has 0 heterocycles. The summed E-state index contributed by atoms with van der Waals surface area (Å²) in [5.74, 6) is 1.43. The average molecular weight is 476 g/mol. The van der Waals surface area contributed by atoms with Gasteiger partial charge in [-0.3, -0.25) is 4.79 Å². The van der Waals surface area contributed by atoms with Crippen molar-refractivity contribution in [3.8, 4) is 17.2 Å². The van der Waals surface area contributed by atoms with E-state index in [2.05, 4.69) is 10.6 Å². The van der Waals surface area contributed by atoms with Crippen LogP contribution in [0.5, 0.6) is 17.2 Å². The zero-order valence-corrected chi connectivity index (χ0v) is 18.9. The van der Waals surface area contributed by atoms with Crippen molar-refractivity contribution in [1.29, 1.82) is 0 Å². The van der Waals surface area contributed by atoms with Gasteiger partial charge >= 0.3 is 0 Å². The summed E-state index contributed by atoms with van der Waals surface area (Å²) in [5.41, 5.74) is 0.956. The molecule has 1 atom stereocenters. The summed E-state index contributed by atoms with van der Waals surface area (Å²) in [6, 6.07) is 17.0. The number of nitrogens with two attached hydrogens (primary N) is 1. The number of rotatable bonds is 8. The first-order valence-electron chi connectivity index (χ1n) is 9.47. The standard InChI is InChI=1S/C22H22ClN3O5S/c1-14(22(27)26-16-4-10-19(11-5-16)32(24,28)29)25-20-13-15(23)3-12-21(20)31-18-8-6-17(30-2)7-9-18/h3-14,25H,1-2H3,(H,26,27)(H2,24,28,29). The highest BCUT2D eigenvalue weighted by atomic mass is 35.5. The molecule has 3 rings (SSSR count). The molecule has 3 aromatic carbocycles. The van der Waals surface area contributed by atoms with E-state index in [0.717, 1.165) is 0 Å². The first-order valence-corrected chi connectivity index (χ1v) is 11.4. The molecule has 1 amide bonds. The van der Waals surface area contributed by atoms with Crippen molar-refractivity contribution in [2.75, 3.05) is 17.7 Å². The van der Waals surface area contributed by atoms with Crippen molar-refractivity contribution < 1.29 is 22.7 Å². The number of ether oxygens (including phenoxy) is 2.